The number of benzene rings is 1. The van der Waals surface area contributed by atoms with Crippen molar-refractivity contribution in [2.24, 2.45) is 5.84 Å². The normalized spacial score (nSPS) is 12.5. The molecule has 1 rings (SSSR count). The van der Waals surface area contributed by atoms with Crippen LogP contribution in [0.15, 0.2) is 24.3 Å². The van der Waals surface area contributed by atoms with E-state index in [-0.39, 0.29) is 6.04 Å². The molecule has 4 nitrogen and oxygen atoms in total. The lowest BCUT2D eigenvalue weighted by molar-refractivity contribution is 0.167. The molecule has 0 fully saturated rings. The molecule has 0 saturated heterocycles. The quantitative estimate of drug-likeness (QED) is 0.548. The lowest BCUT2D eigenvalue weighted by Crippen LogP contribution is -2.31. The summed E-state index contributed by atoms with van der Waals surface area (Å²) < 4.78 is 10.4. The molecule has 0 aliphatic rings. The molecule has 3 N–H and O–H groups in total. The zero-order valence-electron chi connectivity index (χ0n) is 9.19. The molecule has 0 bridgehead atoms. The molecule has 0 aromatic heterocycles. The second-order valence-corrected chi connectivity index (χ2v) is 3.18. The van der Waals surface area contributed by atoms with Crippen LogP contribution in [-0.2, 0) is 4.74 Å². The highest BCUT2D eigenvalue weighted by atomic mass is 16.5. The molecule has 0 heterocycles. The van der Waals surface area contributed by atoms with Gasteiger partial charge in [-0.05, 0) is 24.6 Å². The highest BCUT2D eigenvalue weighted by Gasteiger charge is 2.08. The summed E-state index contributed by atoms with van der Waals surface area (Å²) in [6.45, 7) is 3.18. The zero-order valence-corrected chi connectivity index (χ0v) is 9.19. The van der Waals surface area contributed by atoms with Gasteiger partial charge in [0.2, 0.25) is 0 Å². The fourth-order valence-corrected chi connectivity index (χ4v) is 1.37. The van der Waals surface area contributed by atoms with Crippen LogP contribution < -0.4 is 16.0 Å². The first-order valence-electron chi connectivity index (χ1n) is 4.99. The van der Waals surface area contributed by atoms with E-state index in [1.54, 1.807) is 7.11 Å². The van der Waals surface area contributed by atoms with E-state index in [4.69, 9.17) is 15.3 Å². The predicted octanol–water partition coefficient (Wildman–Crippen LogP) is 1.24. The van der Waals surface area contributed by atoms with Crippen LogP contribution in [-0.4, -0.2) is 20.3 Å². The Morgan fingerprint density at radius 1 is 1.33 bits per heavy atom. The van der Waals surface area contributed by atoms with E-state index in [0.717, 1.165) is 11.3 Å². The molecule has 4 heteroatoms. The van der Waals surface area contributed by atoms with Crippen LogP contribution in [0.2, 0.25) is 0 Å². The van der Waals surface area contributed by atoms with Crippen molar-refractivity contribution >= 4 is 0 Å². The molecule has 1 aromatic carbocycles. The topological polar surface area (TPSA) is 56.5 Å². The van der Waals surface area contributed by atoms with Gasteiger partial charge in [-0.2, -0.15) is 0 Å². The first-order chi connectivity index (χ1) is 7.31. The molecule has 1 aromatic rings. The van der Waals surface area contributed by atoms with Crippen molar-refractivity contribution in [1.29, 1.82) is 0 Å². The third-order valence-electron chi connectivity index (χ3n) is 2.13. The van der Waals surface area contributed by atoms with Crippen LogP contribution in [0.3, 0.4) is 0 Å². The highest BCUT2D eigenvalue weighted by molar-refractivity contribution is 5.29. The van der Waals surface area contributed by atoms with Crippen LogP contribution >= 0.6 is 0 Å². The van der Waals surface area contributed by atoms with Crippen LogP contribution in [0, 0.1) is 0 Å². The monoisotopic (exact) mass is 210 g/mol. The van der Waals surface area contributed by atoms with E-state index in [0.29, 0.717) is 13.2 Å². The molecule has 0 saturated carbocycles. The molecule has 0 spiro atoms. The number of ether oxygens (including phenoxy) is 2. The number of rotatable bonds is 6. The number of hydrazine groups is 1. The third kappa shape index (κ3) is 3.51. The van der Waals surface area contributed by atoms with Crippen LogP contribution in [0.5, 0.6) is 5.75 Å². The van der Waals surface area contributed by atoms with E-state index >= 15 is 0 Å². The Labute approximate surface area is 90.3 Å². The average molecular weight is 210 g/mol. The second kappa shape index (κ2) is 6.40. The summed E-state index contributed by atoms with van der Waals surface area (Å²) in [6, 6.07) is 7.84. The van der Waals surface area contributed by atoms with E-state index in [1.165, 1.54) is 0 Å². The minimum atomic E-state index is 0.0191. The van der Waals surface area contributed by atoms with Crippen molar-refractivity contribution < 1.29 is 9.47 Å². The van der Waals surface area contributed by atoms with Gasteiger partial charge in [0.1, 0.15) is 5.75 Å². The third-order valence-corrected chi connectivity index (χ3v) is 2.13. The molecular formula is C11H18N2O2. The van der Waals surface area contributed by atoms with E-state index in [9.17, 15) is 0 Å². The number of nitrogens with one attached hydrogen (secondary N) is 1. The minimum absolute atomic E-state index is 0.0191. The molecular weight excluding hydrogens is 192 g/mol. The predicted molar refractivity (Wildman–Crippen MR) is 59.6 cm³/mol. The summed E-state index contributed by atoms with van der Waals surface area (Å²) in [4.78, 5) is 0. The van der Waals surface area contributed by atoms with Gasteiger partial charge in [0.05, 0.1) is 19.3 Å². The van der Waals surface area contributed by atoms with E-state index in [1.807, 2.05) is 31.2 Å². The van der Waals surface area contributed by atoms with Crippen molar-refractivity contribution in [3.05, 3.63) is 29.8 Å². The van der Waals surface area contributed by atoms with Gasteiger partial charge in [-0.15, -0.1) is 0 Å². The van der Waals surface area contributed by atoms with Gasteiger partial charge in [0.25, 0.3) is 0 Å². The maximum Gasteiger partial charge on any atom is 0.119 e. The van der Waals surface area contributed by atoms with Crippen molar-refractivity contribution in [2.75, 3.05) is 20.3 Å². The van der Waals surface area contributed by atoms with E-state index in [2.05, 4.69) is 5.43 Å². The Balaban J connectivity index is 2.68. The molecule has 0 amide bonds. The largest absolute Gasteiger partial charge is 0.494 e. The Bertz CT molecular complexity index is 274. The smallest absolute Gasteiger partial charge is 0.119 e. The molecule has 0 radical (unpaired) electrons. The molecule has 0 aliphatic carbocycles. The molecule has 84 valence electrons. The first-order valence-corrected chi connectivity index (χ1v) is 4.99. The lowest BCUT2D eigenvalue weighted by Gasteiger charge is -2.15. The standard InChI is InChI=1S/C11H18N2O2/c1-3-15-10-6-4-9(5-7-10)11(13-12)8-14-2/h4-7,11,13H,3,8,12H2,1-2H3. The molecule has 15 heavy (non-hydrogen) atoms. The Morgan fingerprint density at radius 3 is 2.47 bits per heavy atom. The summed E-state index contributed by atoms with van der Waals surface area (Å²) in [5.41, 5.74) is 3.79. The Hall–Kier alpha value is -1.10. The summed E-state index contributed by atoms with van der Waals surface area (Å²) in [6.07, 6.45) is 0. The van der Waals surface area contributed by atoms with Gasteiger partial charge in [-0.3, -0.25) is 11.3 Å². The maximum atomic E-state index is 5.43. The van der Waals surface area contributed by atoms with Gasteiger partial charge < -0.3 is 9.47 Å². The summed E-state index contributed by atoms with van der Waals surface area (Å²) in [5.74, 6) is 6.30. The van der Waals surface area contributed by atoms with Crippen LogP contribution in [0.1, 0.15) is 18.5 Å². The Morgan fingerprint density at radius 2 is 2.00 bits per heavy atom. The number of hydrogen-bond donors (Lipinski definition) is 2. The maximum absolute atomic E-state index is 5.43. The number of hydrogen-bond acceptors (Lipinski definition) is 4. The van der Waals surface area contributed by atoms with E-state index < -0.39 is 0 Å². The van der Waals surface area contributed by atoms with Crippen LogP contribution in [0.4, 0.5) is 0 Å². The van der Waals surface area contributed by atoms with Crippen molar-refractivity contribution in [2.45, 2.75) is 13.0 Å². The van der Waals surface area contributed by atoms with Gasteiger partial charge >= 0.3 is 0 Å². The lowest BCUT2D eigenvalue weighted by atomic mass is 10.1. The number of methoxy groups -OCH3 is 1. The van der Waals surface area contributed by atoms with Gasteiger partial charge in [-0.25, -0.2) is 0 Å². The fourth-order valence-electron chi connectivity index (χ4n) is 1.37. The van der Waals surface area contributed by atoms with Gasteiger partial charge in [0.15, 0.2) is 0 Å². The zero-order chi connectivity index (χ0) is 11.1. The summed E-state index contributed by atoms with van der Waals surface area (Å²) in [5, 5.41) is 0. The first kappa shape index (κ1) is 12.0. The van der Waals surface area contributed by atoms with Crippen molar-refractivity contribution in [1.82, 2.24) is 5.43 Å². The summed E-state index contributed by atoms with van der Waals surface area (Å²) in [7, 11) is 1.65. The minimum Gasteiger partial charge on any atom is -0.494 e. The molecule has 0 aliphatic heterocycles. The average Bonchev–Trinajstić information content (AvgIpc) is 2.28. The van der Waals surface area contributed by atoms with Gasteiger partial charge in [-0.1, -0.05) is 12.1 Å². The number of nitrogens with two attached hydrogens (primary N) is 1. The van der Waals surface area contributed by atoms with Crippen molar-refractivity contribution in [3.63, 3.8) is 0 Å². The highest BCUT2D eigenvalue weighted by Crippen LogP contribution is 2.17. The van der Waals surface area contributed by atoms with Gasteiger partial charge in [0, 0.05) is 7.11 Å². The molecule has 1 unspecified atom stereocenters. The second-order valence-electron chi connectivity index (χ2n) is 3.18. The van der Waals surface area contributed by atoms with Crippen molar-refractivity contribution in [3.8, 4) is 5.75 Å². The summed E-state index contributed by atoms with van der Waals surface area (Å²) >= 11 is 0. The SMILES string of the molecule is CCOc1ccc(C(COC)NN)cc1. The van der Waals surface area contributed by atoms with Crippen LogP contribution in [0.25, 0.3) is 0 Å². The molecule has 1 atom stereocenters. The Kier molecular flexibility index (Phi) is 5.10. The fraction of sp³-hybridized carbons (Fsp3) is 0.455.